The molecule has 0 spiro atoms. The van der Waals surface area contributed by atoms with Gasteiger partial charge in [0.15, 0.2) is 0 Å². The summed E-state index contributed by atoms with van der Waals surface area (Å²) in [5, 5.41) is 2.98. The molecular weight excluding hydrogens is 340 g/mol. The van der Waals surface area contributed by atoms with E-state index in [1.165, 1.54) is 7.11 Å². The molecule has 0 aliphatic heterocycles. The lowest BCUT2D eigenvalue weighted by Crippen LogP contribution is -2.45. The minimum Gasteiger partial charge on any atom is -0.467 e. The normalized spacial score (nSPS) is 11.9. The third-order valence-electron chi connectivity index (χ3n) is 3.87. The molecule has 2 rings (SSSR count). The average molecular weight is 361 g/mol. The molecular formula is C19H21ClN2O3. The second kappa shape index (κ2) is 8.03. The first kappa shape index (κ1) is 18.8. The Morgan fingerprint density at radius 3 is 2.20 bits per heavy atom. The molecule has 0 aliphatic rings. The summed E-state index contributed by atoms with van der Waals surface area (Å²) in [6, 6.07) is 11.8. The number of anilines is 1. The Bertz CT molecular complexity index is 773. The first-order valence-electron chi connectivity index (χ1n) is 7.87. The molecule has 0 aliphatic carbocycles. The number of carbonyl (C=O) groups is 2. The Kier molecular flexibility index (Phi) is 6.04. The van der Waals surface area contributed by atoms with Crippen molar-refractivity contribution in [2.75, 3.05) is 12.8 Å². The topological polar surface area (TPSA) is 81.4 Å². The molecule has 132 valence electrons. The van der Waals surface area contributed by atoms with E-state index in [9.17, 15) is 9.59 Å². The fourth-order valence-corrected chi connectivity index (χ4v) is 2.66. The first-order valence-corrected chi connectivity index (χ1v) is 8.25. The molecule has 1 atom stereocenters. The lowest BCUT2D eigenvalue weighted by atomic mass is 10.0. The standard InChI is InChI=1S/C19H21ClN2O3/c1-11(2)17(19(24)25-3)22-18(23)15-9-6-13(10-16(15)20)12-4-7-14(21)8-5-12/h4-11,17H,21H2,1-3H3,(H,22,23)/t17-/m0/s1. The van der Waals surface area contributed by atoms with Crippen LogP contribution in [0.5, 0.6) is 0 Å². The van der Waals surface area contributed by atoms with Crippen LogP contribution in [-0.4, -0.2) is 25.0 Å². The van der Waals surface area contributed by atoms with Crippen molar-refractivity contribution in [3.8, 4) is 11.1 Å². The van der Waals surface area contributed by atoms with Crippen molar-refractivity contribution in [1.82, 2.24) is 5.32 Å². The van der Waals surface area contributed by atoms with Gasteiger partial charge in [-0.1, -0.05) is 43.6 Å². The molecule has 0 heterocycles. The highest BCUT2D eigenvalue weighted by atomic mass is 35.5. The fraction of sp³-hybridized carbons (Fsp3) is 0.263. The number of halogens is 1. The van der Waals surface area contributed by atoms with E-state index < -0.39 is 17.9 Å². The number of nitrogens with one attached hydrogen (secondary N) is 1. The van der Waals surface area contributed by atoms with Gasteiger partial charge in [0, 0.05) is 5.69 Å². The van der Waals surface area contributed by atoms with Gasteiger partial charge in [0.1, 0.15) is 6.04 Å². The number of carbonyl (C=O) groups excluding carboxylic acids is 2. The molecule has 1 amide bonds. The fourth-order valence-electron chi connectivity index (χ4n) is 2.40. The number of ether oxygens (including phenoxy) is 1. The number of esters is 1. The Labute approximate surface area is 152 Å². The van der Waals surface area contributed by atoms with Gasteiger partial charge < -0.3 is 15.8 Å². The van der Waals surface area contributed by atoms with E-state index in [-0.39, 0.29) is 5.92 Å². The molecule has 3 N–H and O–H groups in total. The summed E-state index contributed by atoms with van der Waals surface area (Å²) in [6.07, 6.45) is 0. The lowest BCUT2D eigenvalue weighted by molar-refractivity contribution is -0.144. The van der Waals surface area contributed by atoms with Crippen LogP contribution >= 0.6 is 11.6 Å². The molecule has 2 aromatic rings. The van der Waals surface area contributed by atoms with Gasteiger partial charge in [-0.15, -0.1) is 0 Å². The number of amides is 1. The number of hydrogen-bond donors (Lipinski definition) is 2. The first-order chi connectivity index (χ1) is 11.8. The predicted molar refractivity (Wildman–Crippen MR) is 99.4 cm³/mol. The van der Waals surface area contributed by atoms with Crippen LogP contribution in [0.4, 0.5) is 5.69 Å². The quantitative estimate of drug-likeness (QED) is 0.631. The van der Waals surface area contributed by atoms with Crippen molar-refractivity contribution in [2.24, 2.45) is 5.92 Å². The maximum Gasteiger partial charge on any atom is 0.328 e. The largest absolute Gasteiger partial charge is 0.467 e. The van der Waals surface area contributed by atoms with Gasteiger partial charge in [-0.3, -0.25) is 4.79 Å². The SMILES string of the molecule is COC(=O)[C@@H](NC(=O)c1ccc(-c2ccc(N)cc2)cc1Cl)C(C)C. The molecule has 0 aromatic heterocycles. The minimum atomic E-state index is -0.731. The molecule has 0 saturated heterocycles. The molecule has 0 saturated carbocycles. The van der Waals surface area contributed by atoms with Crippen LogP contribution in [0.1, 0.15) is 24.2 Å². The Balaban J connectivity index is 2.23. The third-order valence-corrected chi connectivity index (χ3v) is 4.18. The molecule has 0 unspecified atom stereocenters. The summed E-state index contributed by atoms with van der Waals surface area (Å²) >= 11 is 6.28. The van der Waals surface area contributed by atoms with Gasteiger partial charge in [-0.05, 0) is 41.3 Å². The molecule has 0 radical (unpaired) electrons. The Hall–Kier alpha value is -2.53. The molecule has 5 nitrogen and oxygen atoms in total. The van der Waals surface area contributed by atoms with E-state index >= 15 is 0 Å². The summed E-state index contributed by atoms with van der Waals surface area (Å²) in [5.41, 5.74) is 8.48. The van der Waals surface area contributed by atoms with Gasteiger partial charge in [0.2, 0.25) is 0 Å². The van der Waals surface area contributed by atoms with Crippen molar-refractivity contribution in [3.05, 3.63) is 53.1 Å². The van der Waals surface area contributed by atoms with Gasteiger partial charge in [-0.25, -0.2) is 4.79 Å². The summed E-state index contributed by atoms with van der Waals surface area (Å²) in [7, 11) is 1.29. The van der Waals surface area contributed by atoms with Crippen LogP contribution in [0.25, 0.3) is 11.1 Å². The van der Waals surface area contributed by atoms with Gasteiger partial charge in [0.05, 0.1) is 17.7 Å². The zero-order chi connectivity index (χ0) is 18.6. The summed E-state index contributed by atoms with van der Waals surface area (Å²) < 4.78 is 4.73. The van der Waals surface area contributed by atoms with Crippen LogP contribution in [0, 0.1) is 5.92 Å². The van der Waals surface area contributed by atoms with Crippen LogP contribution in [0.2, 0.25) is 5.02 Å². The number of methoxy groups -OCH3 is 1. The predicted octanol–water partition coefficient (Wildman–Crippen LogP) is 3.52. The highest BCUT2D eigenvalue weighted by molar-refractivity contribution is 6.34. The molecule has 6 heteroatoms. The number of nitrogen functional groups attached to an aromatic ring is 1. The van der Waals surface area contributed by atoms with E-state index in [2.05, 4.69) is 5.32 Å². The van der Waals surface area contributed by atoms with E-state index in [1.807, 2.05) is 26.0 Å². The van der Waals surface area contributed by atoms with Gasteiger partial charge in [0.25, 0.3) is 5.91 Å². The highest BCUT2D eigenvalue weighted by Gasteiger charge is 2.26. The van der Waals surface area contributed by atoms with Crippen LogP contribution < -0.4 is 11.1 Å². The Morgan fingerprint density at radius 1 is 1.08 bits per heavy atom. The summed E-state index contributed by atoms with van der Waals surface area (Å²) in [5.74, 6) is -1.01. The maximum absolute atomic E-state index is 12.5. The molecule has 0 bridgehead atoms. The zero-order valence-electron chi connectivity index (χ0n) is 14.4. The van der Waals surface area contributed by atoms with Gasteiger partial charge >= 0.3 is 5.97 Å². The van der Waals surface area contributed by atoms with Crippen molar-refractivity contribution in [2.45, 2.75) is 19.9 Å². The lowest BCUT2D eigenvalue weighted by Gasteiger charge is -2.20. The third kappa shape index (κ3) is 4.51. The summed E-state index contributed by atoms with van der Waals surface area (Å²) in [6.45, 7) is 3.65. The Morgan fingerprint density at radius 2 is 1.68 bits per heavy atom. The average Bonchev–Trinajstić information content (AvgIpc) is 2.59. The van der Waals surface area contributed by atoms with E-state index in [0.29, 0.717) is 16.3 Å². The van der Waals surface area contributed by atoms with Crippen molar-refractivity contribution >= 4 is 29.2 Å². The number of hydrogen-bond acceptors (Lipinski definition) is 4. The number of nitrogens with two attached hydrogens (primary N) is 1. The van der Waals surface area contributed by atoms with Crippen LogP contribution in [0.15, 0.2) is 42.5 Å². The van der Waals surface area contributed by atoms with Crippen LogP contribution in [0.3, 0.4) is 0 Å². The van der Waals surface area contributed by atoms with Crippen molar-refractivity contribution < 1.29 is 14.3 Å². The van der Waals surface area contributed by atoms with Crippen molar-refractivity contribution in [1.29, 1.82) is 0 Å². The van der Waals surface area contributed by atoms with E-state index in [1.54, 1.807) is 30.3 Å². The van der Waals surface area contributed by atoms with Crippen molar-refractivity contribution in [3.63, 3.8) is 0 Å². The highest BCUT2D eigenvalue weighted by Crippen LogP contribution is 2.26. The van der Waals surface area contributed by atoms with Gasteiger partial charge in [-0.2, -0.15) is 0 Å². The second-order valence-electron chi connectivity index (χ2n) is 6.03. The smallest absolute Gasteiger partial charge is 0.328 e. The second-order valence-corrected chi connectivity index (χ2v) is 6.44. The molecule has 25 heavy (non-hydrogen) atoms. The van der Waals surface area contributed by atoms with E-state index in [0.717, 1.165) is 11.1 Å². The summed E-state index contributed by atoms with van der Waals surface area (Å²) in [4.78, 5) is 24.3. The monoisotopic (exact) mass is 360 g/mol. The zero-order valence-corrected chi connectivity index (χ0v) is 15.1. The number of rotatable bonds is 5. The molecule has 2 aromatic carbocycles. The molecule has 0 fully saturated rings. The minimum absolute atomic E-state index is 0.107. The van der Waals surface area contributed by atoms with Crippen LogP contribution in [-0.2, 0) is 9.53 Å². The number of benzene rings is 2. The van der Waals surface area contributed by atoms with E-state index in [4.69, 9.17) is 22.1 Å². The maximum atomic E-state index is 12.5.